The number of furan rings is 1. The third-order valence-electron chi connectivity index (χ3n) is 7.98. The highest BCUT2D eigenvalue weighted by Gasteiger charge is 2.58. The van der Waals surface area contributed by atoms with Gasteiger partial charge in [0.05, 0.1) is 25.4 Å². The number of methoxy groups -OCH3 is 1. The van der Waals surface area contributed by atoms with Gasteiger partial charge in [-0.05, 0) is 74.7 Å². The molecule has 2 aliphatic rings. The fourth-order valence-corrected chi connectivity index (χ4v) is 6.56. The summed E-state index contributed by atoms with van der Waals surface area (Å²) in [4.78, 5) is 35.5. The number of hydrogen-bond donors (Lipinski definition) is 0. The third kappa shape index (κ3) is 4.06. The predicted octanol–water partition coefficient (Wildman–Crippen LogP) is 4.60. The molecule has 0 amide bonds. The SMILES string of the molecule is COC(=O)[C@@]1(C)CCC[C@@]2(C)[C@H]1CC[C@@H](COC(C)=O)[C@@H]2CCc1ccoc1C=O. The van der Waals surface area contributed by atoms with Crippen LogP contribution in [0.3, 0.4) is 0 Å². The number of carbonyl (C=O) groups excluding carboxylic acids is 3. The highest BCUT2D eigenvalue weighted by Crippen LogP contribution is 2.62. The Bertz CT molecular complexity index is 782. The number of fused-ring (bicyclic) bond motifs is 1. The van der Waals surface area contributed by atoms with E-state index in [9.17, 15) is 14.4 Å². The van der Waals surface area contributed by atoms with Crippen molar-refractivity contribution in [2.75, 3.05) is 13.7 Å². The van der Waals surface area contributed by atoms with Gasteiger partial charge in [0.25, 0.3) is 0 Å². The zero-order valence-corrected chi connectivity index (χ0v) is 18.6. The molecule has 166 valence electrons. The van der Waals surface area contributed by atoms with E-state index >= 15 is 0 Å². The predicted molar refractivity (Wildman–Crippen MR) is 111 cm³/mol. The van der Waals surface area contributed by atoms with Crippen molar-refractivity contribution in [1.29, 1.82) is 0 Å². The monoisotopic (exact) mass is 418 g/mol. The molecule has 6 heteroatoms. The van der Waals surface area contributed by atoms with Crippen molar-refractivity contribution < 1.29 is 28.3 Å². The van der Waals surface area contributed by atoms with Gasteiger partial charge in [-0.15, -0.1) is 0 Å². The maximum absolute atomic E-state index is 12.8. The summed E-state index contributed by atoms with van der Waals surface area (Å²) in [7, 11) is 1.48. The maximum Gasteiger partial charge on any atom is 0.311 e. The van der Waals surface area contributed by atoms with Gasteiger partial charge in [0.1, 0.15) is 0 Å². The maximum atomic E-state index is 12.8. The van der Waals surface area contributed by atoms with Crippen molar-refractivity contribution in [3.05, 3.63) is 23.7 Å². The van der Waals surface area contributed by atoms with E-state index in [1.165, 1.54) is 14.0 Å². The molecule has 1 aromatic rings. The molecule has 0 unspecified atom stereocenters. The first-order valence-corrected chi connectivity index (χ1v) is 11.0. The van der Waals surface area contributed by atoms with Crippen molar-refractivity contribution in [2.45, 2.75) is 65.7 Å². The van der Waals surface area contributed by atoms with Gasteiger partial charge in [-0.3, -0.25) is 14.4 Å². The Balaban J connectivity index is 1.90. The number of aryl methyl sites for hydroxylation is 1. The topological polar surface area (TPSA) is 82.8 Å². The molecule has 1 aromatic heterocycles. The molecule has 2 aliphatic carbocycles. The Morgan fingerprint density at radius 2 is 2.03 bits per heavy atom. The van der Waals surface area contributed by atoms with Crippen molar-refractivity contribution in [1.82, 2.24) is 0 Å². The largest absolute Gasteiger partial charge is 0.469 e. The van der Waals surface area contributed by atoms with Gasteiger partial charge in [-0.2, -0.15) is 0 Å². The van der Waals surface area contributed by atoms with Gasteiger partial charge in [0.15, 0.2) is 12.0 Å². The lowest BCUT2D eigenvalue weighted by atomic mass is 9.45. The third-order valence-corrected chi connectivity index (χ3v) is 7.98. The Morgan fingerprint density at radius 1 is 1.27 bits per heavy atom. The van der Waals surface area contributed by atoms with Gasteiger partial charge >= 0.3 is 11.9 Å². The molecule has 2 fully saturated rings. The highest BCUT2D eigenvalue weighted by atomic mass is 16.5. The van der Waals surface area contributed by atoms with Crippen LogP contribution in [0.1, 0.15) is 75.4 Å². The van der Waals surface area contributed by atoms with E-state index in [2.05, 4.69) is 13.8 Å². The summed E-state index contributed by atoms with van der Waals surface area (Å²) in [5.41, 5.74) is 0.360. The number of hydrogen-bond acceptors (Lipinski definition) is 6. The van der Waals surface area contributed by atoms with E-state index in [-0.39, 0.29) is 35.1 Å². The molecule has 1 heterocycles. The van der Waals surface area contributed by atoms with Gasteiger partial charge in [-0.1, -0.05) is 13.3 Å². The quantitative estimate of drug-likeness (QED) is 0.475. The molecule has 2 saturated carbocycles. The highest BCUT2D eigenvalue weighted by molar-refractivity contribution is 5.77. The molecule has 0 aromatic carbocycles. The van der Waals surface area contributed by atoms with Crippen molar-refractivity contribution in [3.8, 4) is 0 Å². The van der Waals surface area contributed by atoms with Crippen molar-refractivity contribution in [2.24, 2.45) is 28.6 Å². The Kier molecular flexibility index (Phi) is 6.73. The molecule has 5 atom stereocenters. The Labute approximate surface area is 178 Å². The molecule has 0 saturated heterocycles. The van der Waals surface area contributed by atoms with Crippen LogP contribution >= 0.6 is 0 Å². The molecule has 0 radical (unpaired) electrons. The van der Waals surface area contributed by atoms with Crippen LogP contribution in [0, 0.1) is 28.6 Å². The molecular formula is C24H34O6. The standard InChI is InChI=1S/C24H34O6/c1-16(26)30-15-18-7-9-21-23(2,11-5-12-24(21,3)22(27)28-4)19(18)8-6-17-10-13-29-20(17)14-25/h10,13-14,18-19,21H,5-9,11-12,15H2,1-4H3/t18-,19-,21+,23+,24-/m0/s1. The number of esters is 2. The second-order valence-corrected chi connectivity index (χ2v) is 9.53. The van der Waals surface area contributed by atoms with Crippen LogP contribution in [-0.4, -0.2) is 31.9 Å². The average Bonchev–Trinajstić information content (AvgIpc) is 3.17. The average molecular weight is 419 g/mol. The second kappa shape index (κ2) is 8.94. The van der Waals surface area contributed by atoms with E-state index in [1.54, 1.807) is 6.26 Å². The van der Waals surface area contributed by atoms with Crippen LogP contribution in [0.5, 0.6) is 0 Å². The van der Waals surface area contributed by atoms with Crippen LogP contribution in [0.25, 0.3) is 0 Å². The molecular weight excluding hydrogens is 384 g/mol. The molecule has 0 spiro atoms. The van der Waals surface area contributed by atoms with Crippen molar-refractivity contribution in [3.63, 3.8) is 0 Å². The smallest absolute Gasteiger partial charge is 0.311 e. The first-order valence-electron chi connectivity index (χ1n) is 11.0. The van der Waals surface area contributed by atoms with Crippen LogP contribution in [-0.2, 0) is 25.5 Å². The van der Waals surface area contributed by atoms with E-state index in [0.29, 0.717) is 12.4 Å². The summed E-state index contributed by atoms with van der Waals surface area (Å²) in [5.74, 6) is 0.735. The summed E-state index contributed by atoms with van der Waals surface area (Å²) >= 11 is 0. The molecule has 0 bridgehead atoms. The Morgan fingerprint density at radius 3 is 2.70 bits per heavy atom. The summed E-state index contributed by atoms with van der Waals surface area (Å²) in [6.07, 6.45) is 8.59. The van der Waals surface area contributed by atoms with Crippen LogP contribution in [0.2, 0.25) is 0 Å². The van der Waals surface area contributed by atoms with E-state index in [1.807, 2.05) is 6.07 Å². The normalized spacial score (nSPS) is 33.4. The molecule has 30 heavy (non-hydrogen) atoms. The zero-order chi connectivity index (χ0) is 21.9. The fraction of sp³-hybridized carbons (Fsp3) is 0.708. The number of ether oxygens (including phenoxy) is 2. The van der Waals surface area contributed by atoms with Gasteiger partial charge in [-0.25, -0.2) is 0 Å². The lowest BCUT2D eigenvalue weighted by Gasteiger charge is -2.59. The Hall–Kier alpha value is -2.11. The first-order chi connectivity index (χ1) is 14.3. The number of rotatable bonds is 7. The molecule has 0 aliphatic heterocycles. The lowest BCUT2D eigenvalue weighted by molar-refractivity contribution is -0.176. The zero-order valence-electron chi connectivity index (χ0n) is 18.6. The van der Waals surface area contributed by atoms with Gasteiger partial charge in [0.2, 0.25) is 0 Å². The lowest BCUT2D eigenvalue weighted by Crippen LogP contribution is -2.55. The van der Waals surface area contributed by atoms with E-state index in [4.69, 9.17) is 13.9 Å². The molecule has 3 rings (SSSR count). The number of aldehydes is 1. The van der Waals surface area contributed by atoms with Gasteiger partial charge < -0.3 is 13.9 Å². The summed E-state index contributed by atoms with van der Waals surface area (Å²) < 4.78 is 15.9. The van der Waals surface area contributed by atoms with Crippen LogP contribution in [0.15, 0.2) is 16.7 Å². The van der Waals surface area contributed by atoms with E-state index in [0.717, 1.165) is 56.8 Å². The summed E-state index contributed by atoms with van der Waals surface area (Å²) in [6, 6.07) is 1.85. The summed E-state index contributed by atoms with van der Waals surface area (Å²) in [5, 5.41) is 0. The summed E-state index contributed by atoms with van der Waals surface area (Å²) in [6.45, 7) is 6.21. The molecule has 0 N–H and O–H groups in total. The minimum atomic E-state index is -0.490. The van der Waals surface area contributed by atoms with Crippen LogP contribution in [0.4, 0.5) is 0 Å². The molecule has 6 nitrogen and oxygen atoms in total. The second-order valence-electron chi connectivity index (χ2n) is 9.53. The first kappa shape index (κ1) is 22.6. The minimum absolute atomic E-state index is 0.0602. The van der Waals surface area contributed by atoms with Crippen molar-refractivity contribution >= 4 is 18.2 Å². The van der Waals surface area contributed by atoms with Gasteiger partial charge in [0, 0.05) is 12.5 Å². The van der Waals surface area contributed by atoms with Crippen LogP contribution < -0.4 is 0 Å². The fourth-order valence-electron chi connectivity index (χ4n) is 6.56. The minimum Gasteiger partial charge on any atom is -0.469 e. The van der Waals surface area contributed by atoms with E-state index < -0.39 is 5.41 Å². The number of carbonyl (C=O) groups is 3.